The van der Waals surface area contributed by atoms with Crippen LogP contribution in [0.5, 0.6) is 0 Å². The van der Waals surface area contributed by atoms with Gasteiger partial charge in [-0.2, -0.15) is 0 Å². The van der Waals surface area contributed by atoms with Crippen LogP contribution in [0, 0.1) is 5.92 Å². The van der Waals surface area contributed by atoms with Crippen LogP contribution in [-0.4, -0.2) is 36.6 Å². The highest BCUT2D eigenvalue weighted by molar-refractivity contribution is 5.16. The average Bonchev–Trinajstić information content (AvgIpc) is 2.48. The summed E-state index contributed by atoms with van der Waals surface area (Å²) < 4.78 is 0. The highest BCUT2D eigenvalue weighted by Gasteiger charge is 2.28. The van der Waals surface area contributed by atoms with E-state index >= 15 is 0 Å². The fourth-order valence-corrected chi connectivity index (χ4v) is 3.02. The van der Waals surface area contributed by atoms with Crippen LogP contribution in [0.25, 0.3) is 0 Å². The first-order valence-corrected chi connectivity index (χ1v) is 7.76. The Morgan fingerprint density at radius 3 is 2.63 bits per heavy atom. The maximum atomic E-state index is 3.76. The zero-order valence-corrected chi connectivity index (χ0v) is 12.6. The molecule has 1 aliphatic rings. The number of rotatable bonds is 5. The highest BCUT2D eigenvalue weighted by Crippen LogP contribution is 2.17. The third kappa shape index (κ3) is 3.80. The molecule has 2 nitrogen and oxygen atoms in total. The first-order chi connectivity index (χ1) is 9.24. The Hall–Kier alpha value is -0.860. The first kappa shape index (κ1) is 14.5. The number of hydrogen-bond acceptors (Lipinski definition) is 2. The molecule has 1 aromatic rings. The molecule has 19 heavy (non-hydrogen) atoms. The van der Waals surface area contributed by atoms with Gasteiger partial charge >= 0.3 is 0 Å². The number of benzene rings is 1. The van der Waals surface area contributed by atoms with Gasteiger partial charge in [-0.3, -0.25) is 4.90 Å². The molecular weight excluding hydrogens is 232 g/mol. The standard InChI is InChI=1S/C17H28N2/c1-4-14(3)17-13-19(5-2)16(12-18-17)11-15-9-7-6-8-10-15/h6-10,14,16-18H,4-5,11-13H2,1-3H3. The van der Waals surface area contributed by atoms with Gasteiger partial charge in [-0.25, -0.2) is 0 Å². The normalized spacial score (nSPS) is 26.3. The smallest absolute Gasteiger partial charge is 0.0261 e. The maximum absolute atomic E-state index is 3.76. The minimum absolute atomic E-state index is 0.646. The lowest BCUT2D eigenvalue weighted by molar-refractivity contribution is 0.115. The monoisotopic (exact) mass is 260 g/mol. The molecule has 1 N–H and O–H groups in total. The van der Waals surface area contributed by atoms with Gasteiger partial charge in [0.25, 0.3) is 0 Å². The van der Waals surface area contributed by atoms with E-state index in [1.807, 2.05) is 0 Å². The van der Waals surface area contributed by atoms with Gasteiger partial charge in [-0.1, -0.05) is 57.5 Å². The SMILES string of the molecule is CCC(C)C1CN(CC)C(Cc2ccccc2)CN1. The summed E-state index contributed by atoms with van der Waals surface area (Å²) in [4.78, 5) is 2.65. The summed E-state index contributed by atoms with van der Waals surface area (Å²) in [6.07, 6.45) is 2.42. The number of nitrogens with one attached hydrogen (secondary N) is 1. The third-order valence-corrected chi connectivity index (χ3v) is 4.61. The Kier molecular flexibility index (Phi) is 5.41. The summed E-state index contributed by atoms with van der Waals surface area (Å²) in [5.41, 5.74) is 1.45. The molecule has 0 aromatic heterocycles. The molecule has 3 atom stereocenters. The van der Waals surface area contributed by atoms with E-state index in [9.17, 15) is 0 Å². The predicted molar refractivity (Wildman–Crippen MR) is 82.4 cm³/mol. The summed E-state index contributed by atoms with van der Waals surface area (Å²) in [7, 11) is 0. The summed E-state index contributed by atoms with van der Waals surface area (Å²) in [5, 5.41) is 3.76. The van der Waals surface area contributed by atoms with E-state index in [0.29, 0.717) is 12.1 Å². The van der Waals surface area contributed by atoms with E-state index in [-0.39, 0.29) is 0 Å². The molecule has 1 aliphatic heterocycles. The van der Waals surface area contributed by atoms with Gasteiger partial charge in [-0.15, -0.1) is 0 Å². The van der Waals surface area contributed by atoms with Crippen molar-refractivity contribution in [3.8, 4) is 0 Å². The van der Waals surface area contributed by atoms with Gasteiger partial charge in [-0.05, 0) is 24.4 Å². The molecule has 0 saturated carbocycles. The van der Waals surface area contributed by atoms with Gasteiger partial charge < -0.3 is 5.32 Å². The van der Waals surface area contributed by atoms with Crippen molar-refractivity contribution in [1.82, 2.24) is 10.2 Å². The van der Waals surface area contributed by atoms with Crippen molar-refractivity contribution in [2.75, 3.05) is 19.6 Å². The molecule has 3 unspecified atom stereocenters. The minimum atomic E-state index is 0.646. The molecule has 2 rings (SSSR count). The van der Waals surface area contributed by atoms with Crippen molar-refractivity contribution in [1.29, 1.82) is 0 Å². The van der Waals surface area contributed by atoms with Crippen LogP contribution in [-0.2, 0) is 6.42 Å². The van der Waals surface area contributed by atoms with Crippen LogP contribution in [0.2, 0.25) is 0 Å². The Morgan fingerprint density at radius 1 is 1.26 bits per heavy atom. The molecular formula is C17H28N2. The second-order valence-electron chi connectivity index (χ2n) is 5.83. The van der Waals surface area contributed by atoms with E-state index in [1.54, 1.807) is 0 Å². The van der Waals surface area contributed by atoms with E-state index < -0.39 is 0 Å². The molecule has 1 heterocycles. The lowest BCUT2D eigenvalue weighted by Crippen LogP contribution is -2.58. The van der Waals surface area contributed by atoms with Crippen molar-refractivity contribution in [2.45, 2.75) is 45.7 Å². The summed E-state index contributed by atoms with van der Waals surface area (Å²) in [6.45, 7) is 10.4. The fourth-order valence-electron chi connectivity index (χ4n) is 3.02. The molecule has 1 saturated heterocycles. The fraction of sp³-hybridized carbons (Fsp3) is 0.647. The van der Waals surface area contributed by atoms with E-state index in [0.717, 1.165) is 25.4 Å². The van der Waals surface area contributed by atoms with Crippen molar-refractivity contribution in [3.63, 3.8) is 0 Å². The number of likely N-dealkylation sites (N-methyl/N-ethyl adjacent to an activating group) is 1. The summed E-state index contributed by atoms with van der Waals surface area (Å²) >= 11 is 0. The van der Waals surface area contributed by atoms with E-state index in [2.05, 4.69) is 61.3 Å². The molecule has 0 amide bonds. The van der Waals surface area contributed by atoms with Crippen LogP contribution >= 0.6 is 0 Å². The molecule has 0 bridgehead atoms. The topological polar surface area (TPSA) is 15.3 Å². The molecule has 2 heteroatoms. The molecule has 0 aliphatic carbocycles. The third-order valence-electron chi connectivity index (χ3n) is 4.61. The summed E-state index contributed by atoms with van der Waals surface area (Å²) in [5.74, 6) is 0.770. The van der Waals surface area contributed by atoms with E-state index in [4.69, 9.17) is 0 Å². The Balaban J connectivity index is 1.95. The second kappa shape index (κ2) is 7.06. The summed E-state index contributed by atoms with van der Waals surface area (Å²) in [6, 6.07) is 12.2. The lowest BCUT2D eigenvalue weighted by Gasteiger charge is -2.42. The maximum Gasteiger partial charge on any atom is 0.0261 e. The molecule has 1 fully saturated rings. The van der Waals surface area contributed by atoms with Crippen LogP contribution in [0.4, 0.5) is 0 Å². The zero-order chi connectivity index (χ0) is 13.7. The lowest BCUT2D eigenvalue weighted by atomic mass is 9.93. The minimum Gasteiger partial charge on any atom is -0.311 e. The molecule has 0 radical (unpaired) electrons. The first-order valence-electron chi connectivity index (χ1n) is 7.76. The number of piperazine rings is 1. The van der Waals surface area contributed by atoms with Crippen LogP contribution in [0.1, 0.15) is 32.8 Å². The van der Waals surface area contributed by atoms with Gasteiger partial charge in [0.15, 0.2) is 0 Å². The van der Waals surface area contributed by atoms with Gasteiger partial charge in [0, 0.05) is 25.2 Å². The van der Waals surface area contributed by atoms with Crippen LogP contribution in [0.15, 0.2) is 30.3 Å². The number of hydrogen-bond donors (Lipinski definition) is 1. The van der Waals surface area contributed by atoms with Gasteiger partial charge in [0.05, 0.1) is 0 Å². The van der Waals surface area contributed by atoms with Gasteiger partial charge in [0.2, 0.25) is 0 Å². The molecule has 1 aromatic carbocycles. The predicted octanol–water partition coefficient (Wildman–Crippen LogP) is 2.94. The average molecular weight is 260 g/mol. The molecule has 106 valence electrons. The largest absolute Gasteiger partial charge is 0.311 e. The molecule has 0 spiro atoms. The Labute approximate surface area is 118 Å². The number of nitrogens with zero attached hydrogens (tertiary/aromatic N) is 1. The van der Waals surface area contributed by atoms with E-state index in [1.165, 1.54) is 18.5 Å². The van der Waals surface area contributed by atoms with Crippen molar-refractivity contribution in [3.05, 3.63) is 35.9 Å². The van der Waals surface area contributed by atoms with Gasteiger partial charge in [0.1, 0.15) is 0 Å². The Morgan fingerprint density at radius 2 is 2.00 bits per heavy atom. The Bertz CT molecular complexity index is 363. The van der Waals surface area contributed by atoms with Crippen LogP contribution in [0.3, 0.4) is 0 Å². The van der Waals surface area contributed by atoms with Crippen molar-refractivity contribution < 1.29 is 0 Å². The van der Waals surface area contributed by atoms with Crippen molar-refractivity contribution in [2.24, 2.45) is 5.92 Å². The highest BCUT2D eigenvalue weighted by atomic mass is 15.2. The zero-order valence-electron chi connectivity index (χ0n) is 12.6. The van der Waals surface area contributed by atoms with Crippen molar-refractivity contribution >= 4 is 0 Å². The second-order valence-corrected chi connectivity index (χ2v) is 5.83. The quantitative estimate of drug-likeness (QED) is 0.875. The van der Waals surface area contributed by atoms with Crippen LogP contribution < -0.4 is 5.32 Å².